The summed E-state index contributed by atoms with van der Waals surface area (Å²) in [6.45, 7) is 6.54. The number of allylic oxidation sites excluding steroid dienone is 8. The summed E-state index contributed by atoms with van der Waals surface area (Å²) in [7, 11) is 0. The van der Waals surface area contributed by atoms with E-state index in [1.54, 1.807) is 0 Å². The van der Waals surface area contributed by atoms with Gasteiger partial charge >= 0.3 is 17.9 Å². The van der Waals surface area contributed by atoms with E-state index in [9.17, 15) is 14.4 Å². The molecular formula is C57H102O6. The van der Waals surface area contributed by atoms with Crippen molar-refractivity contribution in [1.82, 2.24) is 0 Å². The van der Waals surface area contributed by atoms with Crippen LogP contribution in [0.1, 0.15) is 278 Å². The third-order valence-corrected chi connectivity index (χ3v) is 11.8. The van der Waals surface area contributed by atoms with Crippen molar-refractivity contribution >= 4 is 17.9 Å². The molecule has 0 aliphatic carbocycles. The van der Waals surface area contributed by atoms with E-state index < -0.39 is 6.10 Å². The van der Waals surface area contributed by atoms with Crippen LogP contribution in [0.15, 0.2) is 48.6 Å². The van der Waals surface area contributed by atoms with Gasteiger partial charge in [0.25, 0.3) is 0 Å². The van der Waals surface area contributed by atoms with Crippen molar-refractivity contribution in [3.8, 4) is 0 Å². The lowest BCUT2D eigenvalue weighted by Gasteiger charge is -2.18. The molecule has 0 aliphatic heterocycles. The van der Waals surface area contributed by atoms with E-state index in [4.69, 9.17) is 14.2 Å². The fourth-order valence-corrected chi connectivity index (χ4v) is 7.68. The van der Waals surface area contributed by atoms with Crippen molar-refractivity contribution in [3.05, 3.63) is 48.6 Å². The minimum absolute atomic E-state index is 0.0758. The fraction of sp³-hybridized carbons (Fsp3) is 0.807. The summed E-state index contributed by atoms with van der Waals surface area (Å²) in [5.41, 5.74) is 0. The molecule has 0 aromatic heterocycles. The molecule has 0 aromatic carbocycles. The van der Waals surface area contributed by atoms with Gasteiger partial charge in [0.05, 0.1) is 0 Å². The number of unbranched alkanes of at least 4 members (excludes halogenated alkanes) is 30. The van der Waals surface area contributed by atoms with E-state index in [0.29, 0.717) is 19.3 Å². The Morgan fingerprint density at radius 3 is 0.937 bits per heavy atom. The topological polar surface area (TPSA) is 78.9 Å². The molecule has 0 radical (unpaired) electrons. The molecule has 0 amide bonds. The molecule has 6 heteroatoms. The maximum absolute atomic E-state index is 12.7. The molecule has 0 saturated heterocycles. The number of carbonyl (C=O) groups is 3. The molecule has 1 unspecified atom stereocenters. The summed E-state index contributed by atoms with van der Waals surface area (Å²) in [4.78, 5) is 37.7. The van der Waals surface area contributed by atoms with Gasteiger partial charge in [-0.1, -0.05) is 223 Å². The molecule has 0 saturated carbocycles. The first-order chi connectivity index (χ1) is 31.0. The summed E-state index contributed by atoms with van der Waals surface area (Å²) in [6.07, 6.45) is 62.8. The van der Waals surface area contributed by atoms with Crippen LogP contribution in [-0.2, 0) is 28.6 Å². The maximum Gasteiger partial charge on any atom is 0.306 e. The van der Waals surface area contributed by atoms with Gasteiger partial charge in [0.2, 0.25) is 0 Å². The summed E-state index contributed by atoms with van der Waals surface area (Å²) in [5.74, 6) is -0.891. The molecule has 0 spiro atoms. The van der Waals surface area contributed by atoms with Gasteiger partial charge in [-0.2, -0.15) is 0 Å². The standard InChI is InChI=1S/C57H102O6/c1-4-7-10-13-16-18-20-22-23-24-25-26-27-28-29-30-31-32-33-34-35-36-38-39-41-44-47-50-56(59)62-53-54(52-61-55(58)49-46-43-15-12-9-6-3)63-57(60)51-48-45-42-40-37-21-19-17-14-11-8-5-2/h17,19-20,22,24-25,27-28,54H,4-16,18,21,23,26,29-53H2,1-3H3/b19-17-,22-20-,25-24-,28-27-. The summed E-state index contributed by atoms with van der Waals surface area (Å²) in [5, 5.41) is 0. The van der Waals surface area contributed by atoms with E-state index in [2.05, 4.69) is 69.4 Å². The molecule has 63 heavy (non-hydrogen) atoms. The number of hydrogen-bond donors (Lipinski definition) is 0. The zero-order chi connectivity index (χ0) is 45.8. The molecule has 0 heterocycles. The minimum atomic E-state index is -0.772. The predicted molar refractivity (Wildman–Crippen MR) is 270 cm³/mol. The summed E-state index contributed by atoms with van der Waals surface area (Å²) < 4.78 is 16.7. The van der Waals surface area contributed by atoms with Gasteiger partial charge in [0, 0.05) is 19.3 Å². The number of hydrogen-bond acceptors (Lipinski definition) is 6. The molecule has 0 aromatic rings. The Hall–Kier alpha value is -2.63. The second kappa shape index (κ2) is 52.0. The molecule has 366 valence electrons. The third kappa shape index (κ3) is 50.2. The van der Waals surface area contributed by atoms with Crippen molar-refractivity contribution in [2.75, 3.05) is 13.2 Å². The summed E-state index contributed by atoms with van der Waals surface area (Å²) in [6, 6.07) is 0. The van der Waals surface area contributed by atoms with Gasteiger partial charge in [0.1, 0.15) is 13.2 Å². The molecule has 6 nitrogen and oxygen atoms in total. The van der Waals surface area contributed by atoms with Gasteiger partial charge in [-0.15, -0.1) is 0 Å². The molecule has 0 rings (SSSR count). The predicted octanol–water partition coefficient (Wildman–Crippen LogP) is 17.9. The van der Waals surface area contributed by atoms with Gasteiger partial charge in [-0.25, -0.2) is 0 Å². The van der Waals surface area contributed by atoms with Gasteiger partial charge in [-0.05, 0) is 83.5 Å². The first-order valence-corrected chi connectivity index (χ1v) is 27.1. The Balaban J connectivity index is 4.06. The largest absolute Gasteiger partial charge is 0.462 e. The van der Waals surface area contributed by atoms with Crippen LogP contribution >= 0.6 is 0 Å². The van der Waals surface area contributed by atoms with E-state index in [0.717, 1.165) is 83.5 Å². The minimum Gasteiger partial charge on any atom is -0.462 e. The number of esters is 3. The highest BCUT2D eigenvalue weighted by Gasteiger charge is 2.19. The normalized spacial score (nSPS) is 12.4. The summed E-state index contributed by atoms with van der Waals surface area (Å²) >= 11 is 0. The SMILES string of the molecule is CCCCC/C=C\CCCCCCCC(=O)OC(COC(=O)CCCCCCCC)COC(=O)CCCCCCCCCCCCCC/C=C\C/C=C\C/C=C\CCCCCCC. The first kappa shape index (κ1) is 60.4. The van der Waals surface area contributed by atoms with Crippen molar-refractivity contribution in [3.63, 3.8) is 0 Å². The molecule has 0 fully saturated rings. The molecule has 0 N–H and O–H groups in total. The van der Waals surface area contributed by atoms with Gasteiger partial charge in [0.15, 0.2) is 6.10 Å². The van der Waals surface area contributed by atoms with Gasteiger partial charge in [-0.3, -0.25) is 14.4 Å². The lowest BCUT2D eigenvalue weighted by Crippen LogP contribution is -2.30. The van der Waals surface area contributed by atoms with E-state index in [-0.39, 0.29) is 31.1 Å². The van der Waals surface area contributed by atoms with Crippen LogP contribution < -0.4 is 0 Å². The monoisotopic (exact) mass is 883 g/mol. The van der Waals surface area contributed by atoms with E-state index in [1.807, 2.05) is 0 Å². The second-order valence-corrected chi connectivity index (χ2v) is 18.1. The van der Waals surface area contributed by atoms with Crippen molar-refractivity contribution in [2.24, 2.45) is 0 Å². The molecular weight excluding hydrogens is 781 g/mol. The lowest BCUT2D eigenvalue weighted by atomic mass is 10.0. The zero-order valence-corrected chi connectivity index (χ0v) is 41.8. The number of carbonyl (C=O) groups excluding carboxylic acids is 3. The van der Waals surface area contributed by atoms with Crippen LogP contribution in [0.4, 0.5) is 0 Å². The van der Waals surface area contributed by atoms with Crippen LogP contribution in [0.5, 0.6) is 0 Å². The Bertz CT molecular complexity index is 1110. The van der Waals surface area contributed by atoms with Crippen molar-refractivity contribution < 1.29 is 28.6 Å². The van der Waals surface area contributed by atoms with Crippen LogP contribution in [-0.4, -0.2) is 37.2 Å². The van der Waals surface area contributed by atoms with Crippen LogP contribution in [0.3, 0.4) is 0 Å². The fourth-order valence-electron chi connectivity index (χ4n) is 7.68. The van der Waals surface area contributed by atoms with E-state index >= 15 is 0 Å². The Labute approximate surface area is 390 Å². The average molecular weight is 883 g/mol. The highest BCUT2D eigenvalue weighted by molar-refractivity contribution is 5.71. The number of rotatable bonds is 49. The van der Waals surface area contributed by atoms with Crippen molar-refractivity contribution in [1.29, 1.82) is 0 Å². The first-order valence-electron chi connectivity index (χ1n) is 27.1. The highest BCUT2D eigenvalue weighted by Crippen LogP contribution is 2.15. The Morgan fingerprint density at radius 2 is 0.571 bits per heavy atom. The quantitative estimate of drug-likeness (QED) is 0.0262. The van der Waals surface area contributed by atoms with Crippen LogP contribution in [0.2, 0.25) is 0 Å². The van der Waals surface area contributed by atoms with Crippen LogP contribution in [0, 0.1) is 0 Å². The second-order valence-electron chi connectivity index (χ2n) is 18.1. The smallest absolute Gasteiger partial charge is 0.306 e. The van der Waals surface area contributed by atoms with Gasteiger partial charge < -0.3 is 14.2 Å². The Morgan fingerprint density at radius 1 is 0.317 bits per heavy atom. The third-order valence-electron chi connectivity index (χ3n) is 11.8. The van der Waals surface area contributed by atoms with Crippen molar-refractivity contribution in [2.45, 2.75) is 284 Å². The molecule has 0 aliphatic rings. The number of ether oxygens (including phenoxy) is 3. The molecule has 0 bridgehead atoms. The molecule has 1 atom stereocenters. The lowest BCUT2D eigenvalue weighted by molar-refractivity contribution is -0.167. The van der Waals surface area contributed by atoms with Crippen LogP contribution in [0.25, 0.3) is 0 Å². The average Bonchev–Trinajstić information content (AvgIpc) is 3.28. The zero-order valence-electron chi connectivity index (χ0n) is 41.8. The maximum atomic E-state index is 12.7. The Kier molecular flexibility index (Phi) is 49.8. The van der Waals surface area contributed by atoms with E-state index in [1.165, 1.54) is 154 Å². The highest BCUT2D eigenvalue weighted by atomic mass is 16.6.